The molecule has 15 heteroatoms. The predicted molar refractivity (Wildman–Crippen MR) is 143 cm³/mol. The molecule has 3 N–H and O–H groups in total. The van der Waals surface area contributed by atoms with Crippen molar-refractivity contribution in [2.24, 2.45) is 0 Å². The van der Waals surface area contributed by atoms with E-state index in [4.69, 9.17) is 18.5 Å². The van der Waals surface area contributed by atoms with E-state index in [9.17, 15) is 14.5 Å². The average molecular weight is 579 g/mol. The number of carbonyl (C=O) groups excluding carboxylic acids is 1. The molecule has 0 radical (unpaired) electrons. The van der Waals surface area contributed by atoms with Gasteiger partial charge < -0.3 is 24.4 Å². The van der Waals surface area contributed by atoms with Crippen LogP contribution in [0.4, 0.5) is 10.2 Å². The second-order valence-electron chi connectivity index (χ2n) is 9.33. The lowest BCUT2D eigenvalue weighted by Crippen LogP contribution is -2.42. The Hall–Kier alpha value is -3.42. The maximum Gasteiger partial charge on any atom is 0.459 e. The summed E-state index contributed by atoms with van der Waals surface area (Å²) in [7, 11) is -2.64. The van der Waals surface area contributed by atoms with Gasteiger partial charge >= 0.3 is 13.7 Å². The van der Waals surface area contributed by atoms with E-state index in [1.165, 1.54) is 24.1 Å². The molecule has 1 fully saturated rings. The van der Waals surface area contributed by atoms with E-state index in [1.807, 2.05) is 0 Å². The van der Waals surface area contributed by atoms with Crippen LogP contribution in [0.15, 0.2) is 55.6 Å². The number of aromatic nitrogens is 4. The number of alkyl halides is 1. The molecule has 4 rings (SSSR count). The number of hydrogen-bond donors (Lipinski definition) is 3. The number of aliphatic hydroxyl groups is 1. The summed E-state index contributed by atoms with van der Waals surface area (Å²) < 4.78 is 53.6. The zero-order valence-electron chi connectivity index (χ0n) is 22.4. The molecule has 0 aliphatic carbocycles. The van der Waals surface area contributed by atoms with Crippen LogP contribution in [0, 0.1) is 0 Å². The molecule has 13 nitrogen and oxygen atoms in total. The van der Waals surface area contributed by atoms with E-state index in [1.54, 1.807) is 51.2 Å². The smallest absolute Gasteiger partial charge is 0.459 e. The van der Waals surface area contributed by atoms with Crippen LogP contribution in [0.2, 0.25) is 0 Å². The fourth-order valence-electron chi connectivity index (χ4n) is 4.12. The molecule has 0 bridgehead atoms. The van der Waals surface area contributed by atoms with Crippen LogP contribution in [0.1, 0.15) is 27.0 Å². The van der Waals surface area contributed by atoms with Crippen molar-refractivity contribution < 1.29 is 37.4 Å². The molecule has 3 aromatic rings. The van der Waals surface area contributed by atoms with Crippen molar-refractivity contribution in [2.45, 2.75) is 57.0 Å². The van der Waals surface area contributed by atoms with Gasteiger partial charge in [0.1, 0.15) is 35.8 Å². The largest absolute Gasteiger partial charge is 0.462 e. The van der Waals surface area contributed by atoms with Gasteiger partial charge in [0.25, 0.3) is 0 Å². The van der Waals surface area contributed by atoms with Gasteiger partial charge in [0, 0.05) is 7.05 Å². The maximum atomic E-state index is 16.2. The highest BCUT2D eigenvalue weighted by atomic mass is 31.2. The summed E-state index contributed by atoms with van der Waals surface area (Å²) in [5.41, 5.74) is -1.89. The Morgan fingerprint density at radius 3 is 2.67 bits per heavy atom. The van der Waals surface area contributed by atoms with Crippen molar-refractivity contribution >= 4 is 30.7 Å². The second-order valence-corrected chi connectivity index (χ2v) is 11.0. The molecule has 40 heavy (non-hydrogen) atoms. The average Bonchev–Trinajstić information content (AvgIpc) is 3.46. The fourth-order valence-corrected chi connectivity index (χ4v) is 5.62. The molecule has 1 aromatic carbocycles. The molecule has 3 heterocycles. The number of aliphatic hydroxyl groups excluding tert-OH is 1. The zero-order valence-corrected chi connectivity index (χ0v) is 23.3. The highest BCUT2D eigenvalue weighted by Crippen LogP contribution is 2.48. The molecule has 0 spiro atoms. The molecule has 216 valence electrons. The van der Waals surface area contributed by atoms with Gasteiger partial charge in [0.2, 0.25) is 5.67 Å². The minimum Gasteiger partial charge on any atom is -0.462 e. The van der Waals surface area contributed by atoms with Gasteiger partial charge in [-0.05, 0) is 39.0 Å². The molecule has 1 aliphatic heterocycles. The number of ether oxygens (including phenoxy) is 2. The first kappa shape index (κ1) is 29.6. The van der Waals surface area contributed by atoms with Crippen LogP contribution in [0.3, 0.4) is 0 Å². The third-order valence-electron chi connectivity index (χ3n) is 6.08. The number of fused-ring (bicyclic) bond motifs is 1. The summed E-state index contributed by atoms with van der Waals surface area (Å²) in [5, 5.41) is 16.4. The molecular formula is C25H32FN6O7P. The van der Waals surface area contributed by atoms with E-state index >= 15 is 4.39 Å². The van der Waals surface area contributed by atoms with Crippen molar-refractivity contribution in [3.05, 3.63) is 55.6 Å². The number of nitrogens with zero attached hydrogens (tertiary/aromatic N) is 4. The zero-order chi connectivity index (χ0) is 29.1. The monoisotopic (exact) mass is 578 g/mol. The van der Waals surface area contributed by atoms with E-state index < -0.39 is 56.6 Å². The van der Waals surface area contributed by atoms with Crippen LogP contribution in [0.5, 0.6) is 5.75 Å². The minimum atomic E-state index is -4.29. The van der Waals surface area contributed by atoms with E-state index in [0.717, 1.165) is 6.08 Å². The number of hydrogen-bond acceptors (Lipinski definition) is 11. The first-order valence-electron chi connectivity index (χ1n) is 12.5. The van der Waals surface area contributed by atoms with Gasteiger partial charge in [-0.2, -0.15) is 5.09 Å². The fraction of sp³-hybridized carbons (Fsp3) is 0.440. The SMILES string of the molecule is C=C[C@@]1(F)[C@H](O)[C@@H](CO[P@@](=O)(N[C@H](C)C(=O)OC(C)C)Oc2ccccc2)O[C@H]1n1cnc2c(NC)ncnc21. The van der Waals surface area contributed by atoms with Crippen LogP contribution in [-0.4, -0.2) is 74.3 Å². The number of esters is 1. The normalized spacial score (nSPS) is 24.9. The number of imidazole rings is 1. The number of rotatable bonds is 12. The number of halogens is 1. The number of para-hydroxylation sites is 1. The Balaban J connectivity index is 1.58. The van der Waals surface area contributed by atoms with Crippen molar-refractivity contribution in [1.29, 1.82) is 0 Å². The molecule has 2 aromatic heterocycles. The van der Waals surface area contributed by atoms with Gasteiger partial charge in [-0.15, -0.1) is 0 Å². The third kappa shape index (κ3) is 6.01. The van der Waals surface area contributed by atoms with Gasteiger partial charge in [-0.25, -0.2) is 23.9 Å². The minimum absolute atomic E-state index is 0.185. The Bertz CT molecular complexity index is 1390. The lowest BCUT2D eigenvalue weighted by Gasteiger charge is -2.26. The Kier molecular flexibility index (Phi) is 8.86. The quantitative estimate of drug-likeness (QED) is 0.164. The van der Waals surface area contributed by atoms with Crippen LogP contribution in [-0.2, 0) is 23.4 Å². The topological polar surface area (TPSA) is 159 Å². The van der Waals surface area contributed by atoms with Gasteiger partial charge in [0.15, 0.2) is 17.7 Å². The first-order valence-corrected chi connectivity index (χ1v) is 14.0. The lowest BCUT2D eigenvalue weighted by atomic mass is 9.96. The van der Waals surface area contributed by atoms with Gasteiger partial charge in [-0.3, -0.25) is 13.9 Å². The summed E-state index contributed by atoms with van der Waals surface area (Å²) in [4.78, 5) is 24.9. The Morgan fingerprint density at radius 1 is 1.30 bits per heavy atom. The predicted octanol–water partition coefficient (Wildman–Crippen LogP) is 3.15. The highest BCUT2D eigenvalue weighted by Gasteiger charge is 2.57. The van der Waals surface area contributed by atoms with E-state index in [-0.39, 0.29) is 11.4 Å². The molecule has 1 saturated heterocycles. The standard InChI is InChI=1S/C25H32FN6O7P/c1-6-25(26)20(33)18(38-24(25)32-14-30-19-21(27-5)28-13-29-22(19)32)12-36-40(35,39-17-10-8-7-9-11-17)31-16(4)23(34)37-15(2)3/h6-11,13-16,18,20,24,33H,1,12H2,2-5H3,(H,31,35)(H,27,28,29)/t16-,18-,20-,24-,25-,40+/m1/s1. The summed E-state index contributed by atoms with van der Waals surface area (Å²) in [6, 6.07) is 7.04. The first-order chi connectivity index (χ1) is 19.0. The maximum absolute atomic E-state index is 16.2. The molecule has 6 atom stereocenters. The number of benzene rings is 1. The Morgan fingerprint density at radius 2 is 2.02 bits per heavy atom. The van der Waals surface area contributed by atoms with Crippen LogP contribution in [0.25, 0.3) is 11.2 Å². The van der Waals surface area contributed by atoms with Crippen LogP contribution >= 0.6 is 7.75 Å². The Labute approximate surface area is 230 Å². The second kappa shape index (κ2) is 12.0. The van der Waals surface area contributed by atoms with Gasteiger partial charge in [-0.1, -0.05) is 24.8 Å². The molecular weight excluding hydrogens is 546 g/mol. The molecule has 0 amide bonds. The van der Waals surface area contributed by atoms with Crippen molar-refractivity contribution in [1.82, 2.24) is 24.6 Å². The van der Waals surface area contributed by atoms with Crippen molar-refractivity contribution in [3.63, 3.8) is 0 Å². The third-order valence-corrected chi connectivity index (χ3v) is 7.73. The highest BCUT2D eigenvalue weighted by molar-refractivity contribution is 7.52. The van der Waals surface area contributed by atoms with Gasteiger partial charge in [0.05, 0.1) is 19.0 Å². The summed E-state index contributed by atoms with van der Waals surface area (Å²) in [5.74, 6) is -0.0816. The number of carbonyl (C=O) groups is 1. The summed E-state index contributed by atoms with van der Waals surface area (Å²) in [6.07, 6.45) is -1.45. The molecule has 0 unspecified atom stereocenters. The van der Waals surface area contributed by atoms with Crippen LogP contribution < -0.4 is 14.9 Å². The summed E-state index contributed by atoms with van der Waals surface area (Å²) in [6.45, 7) is 7.74. The van der Waals surface area contributed by atoms with Crippen molar-refractivity contribution in [3.8, 4) is 5.75 Å². The van der Waals surface area contributed by atoms with E-state index in [2.05, 4.69) is 31.9 Å². The van der Waals surface area contributed by atoms with E-state index in [0.29, 0.717) is 11.3 Å². The lowest BCUT2D eigenvalue weighted by molar-refractivity contribution is -0.149. The number of anilines is 1. The summed E-state index contributed by atoms with van der Waals surface area (Å²) >= 11 is 0. The number of nitrogens with one attached hydrogen (secondary N) is 2. The van der Waals surface area contributed by atoms with Crippen molar-refractivity contribution in [2.75, 3.05) is 19.0 Å². The molecule has 0 saturated carbocycles. The molecule has 1 aliphatic rings.